The van der Waals surface area contributed by atoms with E-state index in [4.69, 9.17) is 5.73 Å². The van der Waals surface area contributed by atoms with Crippen LogP contribution in [0.5, 0.6) is 0 Å². The molecule has 118 valence electrons. The van der Waals surface area contributed by atoms with Crippen LogP contribution in [0, 0.1) is 6.92 Å². The van der Waals surface area contributed by atoms with Gasteiger partial charge >= 0.3 is 6.18 Å². The SMILES string of the molecule is Cc1ccc(S(=O)(=O)N2CCCC(N)C2)cc1C(F)(F)F. The average Bonchev–Trinajstić information content (AvgIpc) is 2.37. The van der Waals surface area contributed by atoms with Gasteiger partial charge in [0.15, 0.2) is 0 Å². The van der Waals surface area contributed by atoms with Gasteiger partial charge in [-0.05, 0) is 37.5 Å². The molecular weight excluding hydrogens is 305 g/mol. The van der Waals surface area contributed by atoms with E-state index in [1.165, 1.54) is 19.1 Å². The highest BCUT2D eigenvalue weighted by molar-refractivity contribution is 7.89. The van der Waals surface area contributed by atoms with Crippen molar-refractivity contribution in [3.63, 3.8) is 0 Å². The smallest absolute Gasteiger partial charge is 0.327 e. The number of nitrogens with zero attached hydrogens (tertiary/aromatic N) is 1. The standard InChI is InChI=1S/C13H17F3N2O2S/c1-9-4-5-11(7-12(9)13(14,15)16)21(19,20)18-6-2-3-10(17)8-18/h4-5,7,10H,2-3,6,8,17H2,1H3. The van der Waals surface area contributed by atoms with Crippen LogP contribution in [0.1, 0.15) is 24.0 Å². The summed E-state index contributed by atoms with van der Waals surface area (Å²) in [6.45, 7) is 1.72. The topological polar surface area (TPSA) is 63.4 Å². The van der Waals surface area contributed by atoms with Gasteiger partial charge in [-0.3, -0.25) is 0 Å². The third-order valence-electron chi connectivity index (χ3n) is 3.57. The number of sulfonamides is 1. The molecule has 0 radical (unpaired) electrons. The number of nitrogens with two attached hydrogens (primary N) is 1. The summed E-state index contributed by atoms with van der Waals surface area (Å²) >= 11 is 0. The van der Waals surface area contributed by atoms with Crippen molar-refractivity contribution in [1.29, 1.82) is 0 Å². The monoisotopic (exact) mass is 322 g/mol. The molecule has 1 heterocycles. The van der Waals surface area contributed by atoms with Crippen LogP contribution in [0.25, 0.3) is 0 Å². The first-order valence-corrected chi connectivity index (χ1v) is 8.00. The van der Waals surface area contributed by atoms with Crippen molar-refractivity contribution in [2.24, 2.45) is 5.73 Å². The summed E-state index contributed by atoms with van der Waals surface area (Å²) in [4.78, 5) is -0.338. The van der Waals surface area contributed by atoms with E-state index in [0.717, 1.165) is 4.31 Å². The minimum atomic E-state index is -4.58. The van der Waals surface area contributed by atoms with Gasteiger partial charge in [0.25, 0.3) is 0 Å². The van der Waals surface area contributed by atoms with Crippen molar-refractivity contribution in [3.8, 4) is 0 Å². The predicted octanol–water partition coefficient (Wildman–Crippen LogP) is 2.13. The van der Waals surface area contributed by atoms with E-state index in [2.05, 4.69) is 0 Å². The molecule has 1 aromatic rings. The maximum atomic E-state index is 12.9. The number of piperidine rings is 1. The second-order valence-corrected chi connectivity index (χ2v) is 7.18. The summed E-state index contributed by atoms with van der Waals surface area (Å²) in [6.07, 6.45) is -3.25. The Hall–Kier alpha value is -1.12. The quantitative estimate of drug-likeness (QED) is 0.907. The minimum absolute atomic E-state index is 0.00297. The number of rotatable bonds is 2. The first kappa shape index (κ1) is 16.3. The van der Waals surface area contributed by atoms with Gasteiger partial charge in [0.2, 0.25) is 10.0 Å². The van der Waals surface area contributed by atoms with Crippen molar-refractivity contribution >= 4 is 10.0 Å². The van der Waals surface area contributed by atoms with Crippen LogP contribution in [-0.4, -0.2) is 31.9 Å². The van der Waals surface area contributed by atoms with E-state index in [0.29, 0.717) is 18.9 Å². The average molecular weight is 322 g/mol. The van der Waals surface area contributed by atoms with Gasteiger partial charge in [-0.25, -0.2) is 8.42 Å². The van der Waals surface area contributed by atoms with E-state index < -0.39 is 21.8 Å². The maximum Gasteiger partial charge on any atom is 0.416 e. The van der Waals surface area contributed by atoms with E-state index in [-0.39, 0.29) is 29.6 Å². The first-order chi connectivity index (χ1) is 9.62. The van der Waals surface area contributed by atoms with Crippen molar-refractivity contribution in [2.75, 3.05) is 13.1 Å². The molecule has 0 aliphatic carbocycles. The molecule has 0 aromatic heterocycles. The number of halogens is 3. The Balaban J connectivity index is 2.41. The van der Waals surface area contributed by atoms with E-state index >= 15 is 0 Å². The summed E-state index contributed by atoms with van der Waals surface area (Å²) in [5, 5.41) is 0. The molecule has 1 saturated heterocycles. The molecule has 1 aliphatic heterocycles. The van der Waals surface area contributed by atoms with E-state index in [9.17, 15) is 21.6 Å². The Labute approximate surface area is 121 Å². The summed E-state index contributed by atoms with van der Waals surface area (Å²) in [5.41, 5.74) is 4.81. The van der Waals surface area contributed by atoms with Gasteiger partial charge in [0.05, 0.1) is 10.5 Å². The number of hydrogen-bond donors (Lipinski definition) is 1. The van der Waals surface area contributed by atoms with Crippen molar-refractivity contribution in [3.05, 3.63) is 29.3 Å². The fraction of sp³-hybridized carbons (Fsp3) is 0.538. The second kappa shape index (κ2) is 5.58. The molecule has 0 amide bonds. The zero-order chi connectivity index (χ0) is 15.8. The Morgan fingerprint density at radius 1 is 1.33 bits per heavy atom. The molecule has 0 spiro atoms. The van der Waals surface area contributed by atoms with Gasteiger partial charge in [-0.1, -0.05) is 6.07 Å². The van der Waals surface area contributed by atoms with Crippen molar-refractivity contribution in [1.82, 2.24) is 4.31 Å². The largest absolute Gasteiger partial charge is 0.416 e. The molecule has 1 unspecified atom stereocenters. The molecule has 0 saturated carbocycles. The van der Waals surface area contributed by atoms with Gasteiger partial charge in [0.1, 0.15) is 0 Å². The second-order valence-electron chi connectivity index (χ2n) is 5.24. The van der Waals surface area contributed by atoms with Gasteiger partial charge in [-0.2, -0.15) is 17.5 Å². The zero-order valence-corrected chi connectivity index (χ0v) is 12.3. The number of hydrogen-bond acceptors (Lipinski definition) is 3. The van der Waals surface area contributed by atoms with Crippen LogP contribution in [-0.2, 0) is 16.2 Å². The maximum absolute atomic E-state index is 12.9. The lowest BCUT2D eigenvalue weighted by Gasteiger charge is -2.30. The highest BCUT2D eigenvalue weighted by Crippen LogP contribution is 2.34. The molecule has 1 aromatic carbocycles. The van der Waals surface area contributed by atoms with Gasteiger partial charge < -0.3 is 5.73 Å². The van der Waals surface area contributed by atoms with Crippen molar-refractivity contribution < 1.29 is 21.6 Å². The van der Waals surface area contributed by atoms with Crippen LogP contribution >= 0.6 is 0 Å². The molecule has 8 heteroatoms. The lowest BCUT2D eigenvalue weighted by atomic mass is 10.1. The number of alkyl halides is 3. The molecule has 1 atom stereocenters. The summed E-state index contributed by atoms with van der Waals surface area (Å²) in [7, 11) is -3.94. The predicted molar refractivity (Wildman–Crippen MR) is 72.1 cm³/mol. The molecule has 21 heavy (non-hydrogen) atoms. The van der Waals surface area contributed by atoms with Crippen LogP contribution in [0.15, 0.2) is 23.1 Å². The molecule has 0 bridgehead atoms. The third kappa shape index (κ3) is 3.38. The van der Waals surface area contributed by atoms with Crippen LogP contribution < -0.4 is 5.73 Å². The fourth-order valence-electron chi connectivity index (χ4n) is 2.41. The Bertz CT molecular complexity index is 629. The highest BCUT2D eigenvalue weighted by atomic mass is 32.2. The van der Waals surface area contributed by atoms with E-state index in [1.807, 2.05) is 0 Å². The van der Waals surface area contributed by atoms with Crippen LogP contribution in [0.3, 0.4) is 0 Å². The van der Waals surface area contributed by atoms with Crippen molar-refractivity contribution in [2.45, 2.75) is 36.9 Å². The third-order valence-corrected chi connectivity index (χ3v) is 5.43. The normalized spacial score (nSPS) is 21.5. The Morgan fingerprint density at radius 3 is 2.57 bits per heavy atom. The lowest BCUT2D eigenvalue weighted by Crippen LogP contribution is -2.45. The molecule has 1 aliphatic rings. The lowest BCUT2D eigenvalue weighted by molar-refractivity contribution is -0.138. The summed E-state index contributed by atoms with van der Waals surface area (Å²) < 4.78 is 64.7. The molecular formula is C13H17F3N2O2S. The number of benzene rings is 1. The molecule has 2 N–H and O–H groups in total. The minimum Gasteiger partial charge on any atom is -0.327 e. The van der Waals surface area contributed by atoms with Crippen LogP contribution in [0.2, 0.25) is 0 Å². The first-order valence-electron chi connectivity index (χ1n) is 6.56. The summed E-state index contributed by atoms with van der Waals surface area (Å²) in [6, 6.07) is 2.81. The Morgan fingerprint density at radius 2 is 2.00 bits per heavy atom. The van der Waals surface area contributed by atoms with E-state index in [1.54, 1.807) is 0 Å². The summed E-state index contributed by atoms with van der Waals surface area (Å²) in [5.74, 6) is 0. The van der Waals surface area contributed by atoms with Crippen LogP contribution in [0.4, 0.5) is 13.2 Å². The molecule has 1 fully saturated rings. The molecule has 4 nitrogen and oxygen atoms in total. The van der Waals surface area contributed by atoms with Gasteiger partial charge in [-0.15, -0.1) is 0 Å². The molecule has 2 rings (SSSR count). The zero-order valence-electron chi connectivity index (χ0n) is 11.5. The fourth-order valence-corrected chi connectivity index (χ4v) is 3.97. The van der Waals surface area contributed by atoms with Gasteiger partial charge in [0, 0.05) is 19.1 Å². The number of aryl methyl sites for hydroxylation is 1. The highest BCUT2D eigenvalue weighted by Gasteiger charge is 2.35. The Kier molecular flexibility index (Phi) is 4.32.